The first-order valence-corrected chi connectivity index (χ1v) is 6.32. The summed E-state index contributed by atoms with van der Waals surface area (Å²) in [5.41, 5.74) is 1.54. The van der Waals surface area contributed by atoms with Gasteiger partial charge in [-0.3, -0.25) is 14.9 Å². The number of rotatable bonds is 2. The van der Waals surface area contributed by atoms with Gasteiger partial charge < -0.3 is 10.0 Å². The Labute approximate surface area is 113 Å². The second-order valence-electron chi connectivity index (χ2n) is 4.21. The summed E-state index contributed by atoms with van der Waals surface area (Å²) in [7, 11) is 0. The number of halogens is 1. The number of anilines is 1. The minimum absolute atomic E-state index is 0.159. The normalized spacial score (nSPS) is 17.6. The quantitative estimate of drug-likeness (QED) is 0.798. The molecule has 1 aromatic rings. The number of amides is 2. The minimum atomic E-state index is -0.570. The van der Waals surface area contributed by atoms with E-state index in [4.69, 9.17) is 0 Å². The molecule has 96 valence electrons. The molecule has 1 saturated heterocycles. The Balaban J connectivity index is 2.26. The number of aliphatic hydroxyl groups excluding tert-OH is 1. The van der Waals surface area contributed by atoms with Crippen molar-refractivity contribution in [1.82, 2.24) is 5.32 Å². The molecule has 18 heavy (non-hydrogen) atoms. The monoisotopic (exact) mass is 312 g/mol. The van der Waals surface area contributed by atoms with Gasteiger partial charge in [-0.1, -0.05) is 22.0 Å². The van der Waals surface area contributed by atoms with E-state index in [1.165, 1.54) is 0 Å². The van der Waals surface area contributed by atoms with Gasteiger partial charge in [0.05, 0.1) is 19.2 Å². The van der Waals surface area contributed by atoms with Crippen molar-refractivity contribution < 1.29 is 14.7 Å². The summed E-state index contributed by atoms with van der Waals surface area (Å²) in [5, 5.41) is 11.8. The SMILES string of the molecule is C[C@H](O)c1ccc(N2CC(=O)NC(=O)C2)cc1Br. The lowest BCUT2D eigenvalue weighted by Gasteiger charge is -2.27. The van der Waals surface area contributed by atoms with E-state index in [-0.39, 0.29) is 24.9 Å². The van der Waals surface area contributed by atoms with Crippen LogP contribution in [0.1, 0.15) is 18.6 Å². The van der Waals surface area contributed by atoms with Gasteiger partial charge in [0.25, 0.3) is 0 Å². The topological polar surface area (TPSA) is 69.6 Å². The summed E-state index contributed by atoms with van der Waals surface area (Å²) < 4.78 is 0.758. The minimum Gasteiger partial charge on any atom is -0.389 e. The van der Waals surface area contributed by atoms with Crippen molar-refractivity contribution in [2.75, 3.05) is 18.0 Å². The zero-order valence-corrected chi connectivity index (χ0v) is 11.4. The van der Waals surface area contributed by atoms with E-state index in [1.54, 1.807) is 30.0 Å². The second-order valence-corrected chi connectivity index (χ2v) is 5.06. The van der Waals surface area contributed by atoms with Gasteiger partial charge >= 0.3 is 0 Å². The molecule has 0 aliphatic carbocycles. The molecule has 1 aliphatic rings. The molecule has 0 radical (unpaired) electrons. The van der Waals surface area contributed by atoms with Crippen molar-refractivity contribution in [3.8, 4) is 0 Å². The Kier molecular flexibility index (Phi) is 3.68. The predicted molar refractivity (Wildman–Crippen MR) is 70.1 cm³/mol. The summed E-state index contributed by atoms with van der Waals surface area (Å²) in [6.45, 7) is 2.00. The van der Waals surface area contributed by atoms with Crippen LogP contribution in [0.25, 0.3) is 0 Å². The van der Waals surface area contributed by atoms with E-state index in [1.807, 2.05) is 0 Å². The standard InChI is InChI=1S/C12H13BrN2O3/c1-7(16)9-3-2-8(4-10(9)13)15-5-11(17)14-12(18)6-15/h2-4,7,16H,5-6H2,1H3,(H,14,17,18)/t7-/m0/s1. The number of carbonyl (C=O) groups is 2. The van der Waals surface area contributed by atoms with Crippen molar-refractivity contribution in [1.29, 1.82) is 0 Å². The van der Waals surface area contributed by atoms with E-state index in [0.29, 0.717) is 0 Å². The highest BCUT2D eigenvalue weighted by molar-refractivity contribution is 9.10. The lowest BCUT2D eigenvalue weighted by molar-refractivity contribution is -0.130. The third-order valence-electron chi connectivity index (χ3n) is 2.75. The van der Waals surface area contributed by atoms with Crippen molar-refractivity contribution in [3.05, 3.63) is 28.2 Å². The predicted octanol–water partition coefficient (Wildman–Crippen LogP) is 0.965. The van der Waals surface area contributed by atoms with Gasteiger partial charge in [-0.25, -0.2) is 0 Å². The first-order chi connectivity index (χ1) is 8.47. The number of nitrogens with one attached hydrogen (secondary N) is 1. The molecule has 0 unspecified atom stereocenters. The number of imide groups is 1. The van der Waals surface area contributed by atoms with Crippen LogP contribution in [-0.4, -0.2) is 30.0 Å². The van der Waals surface area contributed by atoms with Gasteiger partial charge in [-0.15, -0.1) is 0 Å². The highest BCUT2D eigenvalue weighted by Gasteiger charge is 2.23. The van der Waals surface area contributed by atoms with Crippen molar-refractivity contribution in [2.24, 2.45) is 0 Å². The lowest BCUT2D eigenvalue weighted by Crippen LogP contribution is -2.51. The van der Waals surface area contributed by atoms with Gasteiger partial charge in [0, 0.05) is 10.2 Å². The molecule has 5 nitrogen and oxygen atoms in total. The Bertz CT molecular complexity index is 486. The molecular formula is C12H13BrN2O3. The largest absolute Gasteiger partial charge is 0.389 e. The van der Waals surface area contributed by atoms with Gasteiger partial charge in [-0.2, -0.15) is 0 Å². The lowest BCUT2D eigenvalue weighted by atomic mass is 10.1. The fourth-order valence-electron chi connectivity index (χ4n) is 1.87. The molecule has 1 heterocycles. The average molecular weight is 313 g/mol. The van der Waals surface area contributed by atoms with Crippen LogP contribution in [0.4, 0.5) is 5.69 Å². The fourth-order valence-corrected chi connectivity index (χ4v) is 2.57. The zero-order chi connectivity index (χ0) is 13.3. The molecular weight excluding hydrogens is 300 g/mol. The van der Waals surface area contributed by atoms with Crippen molar-refractivity contribution >= 4 is 33.4 Å². The molecule has 1 fully saturated rings. The van der Waals surface area contributed by atoms with Crippen LogP contribution >= 0.6 is 15.9 Å². The molecule has 0 aromatic heterocycles. The third-order valence-corrected chi connectivity index (χ3v) is 3.43. The van der Waals surface area contributed by atoms with Gasteiger partial charge in [0.15, 0.2) is 0 Å². The maximum Gasteiger partial charge on any atom is 0.246 e. The Morgan fingerprint density at radius 3 is 2.44 bits per heavy atom. The Hall–Kier alpha value is -1.40. The van der Waals surface area contributed by atoms with Gasteiger partial charge in [-0.05, 0) is 24.6 Å². The first-order valence-electron chi connectivity index (χ1n) is 5.52. The van der Waals surface area contributed by atoms with Crippen LogP contribution in [0, 0.1) is 0 Å². The molecule has 1 aliphatic heterocycles. The number of piperazine rings is 1. The number of nitrogens with zero attached hydrogens (tertiary/aromatic N) is 1. The summed E-state index contributed by atoms with van der Waals surface area (Å²) in [4.78, 5) is 24.3. The fraction of sp³-hybridized carbons (Fsp3) is 0.333. The Morgan fingerprint density at radius 2 is 1.94 bits per heavy atom. The van der Waals surface area contributed by atoms with Crippen LogP contribution in [-0.2, 0) is 9.59 Å². The van der Waals surface area contributed by atoms with Crippen LogP contribution in [0.2, 0.25) is 0 Å². The number of carbonyl (C=O) groups excluding carboxylic acids is 2. The van der Waals surface area contributed by atoms with Crippen LogP contribution < -0.4 is 10.2 Å². The average Bonchev–Trinajstić information content (AvgIpc) is 2.26. The summed E-state index contributed by atoms with van der Waals surface area (Å²) in [5.74, 6) is -0.607. The van der Waals surface area contributed by atoms with Crippen LogP contribution in [0.5, 0.6) is 0 Å². The molecule has 2 rings (SSSR count). The van der Waals surface area contributed by atoms with E-state index in [2.05, 4.69) is 21.2 Å². The number of aliphatic hydroxyl groups is 1. The van der Waals surface area contributed by atoms with Gasteiger partial charge in [0.1, 0.15) is 0 Å². The number of benzene rings is 1. The number of hydrogen-bond donors (Lipinski definition) is 2. The molecule has 2 N–H and O–H groups in total. The van der Waals surface area contributed by atoms with Crippen LogP contribution in [0.3, 0.4) is 0 Å². The molecule has 2 amide bonds. The Morgan fingerprint density at radius 1 is 1.33 bits per heavy atom. The van der Waals surface area contributed by atoms with E-state index < -0.39 is 6.10 Å². The van der Waals surface area contributed by atoms with Gasteiger partial charge in [0.2, 0.25) is 11.8 Å². The van der Waals surface area contributed by atoms with E-state index in [0.717, 1.165) is 15.7 Å². The summed E-state index contributed by atoms with van der Waals surface area (Å²) in [6, 6.07) is 5.37. The maximum absolute atomic E-state index is 11.3. The second kappa shape index (κ2) is 5.07. The molecule has 1 atom stereocenters. The zero-order valence-electron chi connectivity index (χ0n) is 9.81. The van der Waals surface area contributed by atoms with E-state index >= 15 is 0 Å². The van der Waals surface area contributed by atoms with Crippen molar-refractivity contribution in [2.45, 2.75) is 13.0 Å². The third kappa shape index (κ3) is 2.70. The summed E-state index contributed by atoms with van der Waals surface area (Å²) in [6.07, 6.45) is -0.570. The molecule has 6 heteroatoms. The first kappa shape index (κ1) is 13.0. The van der Waals surface area contributed by atoms with Crippen molar-refractivity contribution in [3.63, 3.8) is 0 Å². The highest BCUT2D eigenvalue weighted by Crippen LogP contribution is 2.28. The maximum atomic E-state index is 11.3. The highest BCUT2D eigenvalue weighted by atomic mass is 79.9. The smallest absolute Gasteiger partial charge is 0.246 e. The van der Waals surface area contributed by atoms with Crippen LogP contribution in [0.15, 0.2) is 22.7 Å². The molecule has 0 saturated carbocycles. The van der Waals surface area contributed by atoms with E-state index in [9.17, 15) is 14.7 Å². The number of hydrogen-bond acceptors (Lipinski definition) is 4. The molecule has 0 spiro atoms. The summed E-state index contributed by atoms with van der Waals surface area (Å²) >= 11 is 3.37. The molecule has 0 bridgehead atoms. The molecule has 1 aromatic carbocycles.